The van der Waals surface area contributed by atoms with Gasteiger partial charge in [-0.05, 0) is 28.8 Å². The quantitative estimate of drug-likeness (QED) is 0.622. The summed E-state index contributed by atoms with van der Waals surface area (Å²) in [6.07, 6.45) is 1.72. The summed E-state index contributed by atoms with van der Waals surface area (Å²) in [4.78, 5) is 39.3. The number of amides is 2. The van der Waals surface area contributed by atoms with Gasteiger partial charge < -0.3 is 19.4 Å². The minimum atomic E-state index is -0.838. The van der Waals surface area contributed by atoms with Crippen molar-refractivity contribution in [2.24, 2.45) is 0 Å². The summed E-state index contributed by atoms with van der Waals surface area (Å²) in [6.45, 7) is 0.194. The minimum Gasteiger partial charge on any atom is -0.459 e. The van der Waals surface area contributed by atoms with Crippen LogP contribution >= 0.6 is 0 Å². The Bertz CT molecular complexity index is 1060. The van der Waals surface area contributed by atoms with Crippen LogP contribution in [-0.4, -0.2) is 35.3 Å². The van der Waals surface area contributed by atoms with Crippen molar-refractivity contribution in [1.82, 2.24) is 10.2 Å². The fourth-order valence-electron chi connectivity index (χ4n) is 3.57. The highest BCUT2D eigenvalue weighted by atomic mass is 16.5. The van der Waals surface area contributed by atoms with Crippen LogP contribution in [0.5, 0.6) is 0 Å². The maximum Gasteiger partial charge on any atom is 0.329 e. The Kier molecular flexibility index (Phi) is 6.12. The van der Waals surface area contributed by atoms with Crippen LogP contribution in [0, 0.1) is 0 Å². The second kappa shape index (κ2) is 9.30. The second-order valence-corrected chi connectivity index (χ2v) is 7.27. The van der Waals surface area contributed by atoms with Gasteiger partial charge in [0.15, 0.2) is 12.4 Å². The number of hydrogen-bond acceptors (Lipinski definition) is 5. The van der Waals surface area contributed by atoms with Crippen LogP contribution in [0.4, 0.5) is 0 Å². The van der Waals surface area contributed by atoms with Crippen molar-refractivity contribution in [1.29, 1.82) is 0 Å². The van der Waals surface area contributed by atoms with Gasteiger partial charge in [0.1, 0.15) is 6.04 Å². The Morgan fingerprint density at radius 1 is 0.968 bits per heavy atom. The first kappa shape index (κ1) is 20.4. The van der Waals surface area contributed by atoms with E-state index in [1.165, 1.54) is 11.2 Å². The minimum absolute atomic E-state index is 0.151. The van der Waals surface area contributed by atoms with Crippen molar-refractivity contribution in [3.63, 3.8) is 0 Å². The van der Waals surface area contributed by atoms with Gasteiger partial charge in [-0.25, -0.2) is 4.79 Å². The normalized spacial score (nSPS) is 15.1. The number of carbonyl (C=O) groups is 3. The lowest BCUT2D eigenvalue weighted by atomic mass is 9.93. The lowest BCUT2D eigenvalue weighted by molar-refractivity contribution is -0.153. The smallest absolute Gasteiger partial charge is 0.329 e. The van der Waals surface area contributed by atoms with Crippen LogP contribution in [-0.2, 0) is 33.8 Å². The Hall–Kier alpha value is -3.87. The summed E-state index contributed by atoms with van der Waals surface area (Å²) in [5, 5.41) is 2.72. The van der Waals surface area contributed by atoms with Gasteiger partial charge in [-0.15, -0.1) is 0 Å². The number of hydrogen-bond donors (Lipinski definition) is 1. The number of carbonyl (C=O) groups excluding carboxylic acids is 3. The van der Waals surface area contributed by atoms with E-state index in [4.69, 9.17) is 9.15 Å². The topological polar surface area (TPSA) is 88.9 Å². The van der Waals surface area contributed by atoms with Gasteiger partial charge in [0.25, 0.3) is 11.8 Å². The van der Waals surface area contributed by atoms with Gasteiger partial charge >= 0.3 is 5.97 Å². The molecule has 1 aliphatic rings. The maximum atomic E-state index is 12.9. The average Bonchev–Trinajstić information content (AvgIpc) is 3.35. The van der Waals surface area contributed by atoms with Crippen molar-refractivity contribution in [2.45, 2.75) is 25.6 Å². The van der Waals surface area contributed by atoms with E-state index < -0.39 is 30.4 Å². The lowest BCUT2D eigenvalue weighted by Crippen LogP contribution is -2.49. The largest absolute Gasteiger partial charge is 0.459 e. The highest BCUT2D eigenvalue weighted by molar-refractivity contribution is 5.95. The molecule has 0 spiro atoms. The molecule has 0 fully saturated rings. The molecule has 1 unspecified atom stereocenters. The Balaban J connectivity index is 1.41. The number of fused-ring (bicyclic) bond motifs is 1. The highest BCUT2D eigenvalue weighted by Gasteiger charge is 2.37. The van der Waals surface area contributed by atoms with Crippen molar-refractivity contribution in [2.75, 3.05) is 6.61 Å². The molecule has 1 aliphatic heterocycles. The van der Waals surface area contributed by atoms with E-state index in [0.29, 0.717) is 13.0 Å². The van der Waals surface area contributed by atoms with E-state index in [-0.39, 0.29) is 12.3 Å². The van der Waals surface area contributed by atoms with Gasteiger partial charge in [-0.2, -0.15) is 0 Å². The number of ether oxygens (including phenoxy) is 1. The van der Waals surface area contributed by atoms with E-state index in [0.717, 1.165) is 16.7 Å². The highest BCUT2D eigenvalue weighted by Crippen LogP contribution is 2.26. The molecule has 0 bridgehead atoms. The number of furan rings is 1. The first-order chi connectivity index (χ1) is 15.1. The molecule has 158 valence electrons. The van der Waals surface area contributed by atoms with Gasteiger partial charge in [-0.3, -0.25) is 9.59 Å². The Morgan fingerprint density at radius 2 is 1.71 bits per heavy atom. The van der Waals surface area contributed by atoms with Gasteiger partial charge in [0.05, 0.1) is 6.26 Å². The number of nitrogens with one attached hydrogen (secondary N) is 1. The van der Waals surface area contributed by atoms with Crippen LogP contribution in [0.25, 0.3) is 0 Å². The molecule has 7 heteroatoms. The van der Waals surface area contributed by atoms with E-state index in [9.17, 15) is 14.4 Å². The third-order valence-electron chi connectivity index (χ3n) is 5.19. The first-order valence-corrected chi connectivity index (χ1v) is 10.0. The first-order valence-electron chi connectivity index (χ1n) is 10.0. The maximum absolute atomic E-state index is 12.9. The summed E-state index contributed by atoms with van der Waals surface area (Å²) >= 11 is 0. The average molecular weight is 418 g/mol. The molecule has 3 aromatic rings. The lowest BCUT2D eigenvalue weighted by Gasteiger charge is -2.34. The molecule has 4 rings (SSSR count). The molecule has 31 heavy (non-hydrogen) atoms. The zero-order valence-electron chi connectivity index (χ0n) is 16.8. The van der Waals surface area contributed by atoms with Crippen molar-refractivity contribution >= 4 is 17.8 Å². The molecule has 2 heterocycles. The summed E-state index contributed by atoms with van der Waals surface area (Å²) in [7, 11) is 0. The van der Waals surface area contributed by atoms with E-state index >= 15 is 0 Å². The van der Waals surface area contributed by atoms with Gasteiger partial charge in [0.2, 0.25) is 0 Å². The molecule has 0 saturated carbocycles. The fourth-order valence-corrected chi connectivity index (χ4v) is 3.57. The molecule has 0 aliphatic carbocycles. The van der Waals surface area contributed by atoms with E-state index in [1.54, 1.807) is 12.1 Å². The molecule has 0 saturated heterocycles. The zero-order valence-corrected chi connectivity index (χ0v) is 16.8. The fraction of sp³-hybridized carbons (Fsp3) is 0.208. The Labute approximate surface area is 179 Å². The standard InChI is InChI=1S/C24H22N2O5/c27-22(25-14-17-7-2-1-3-8-17)16-31-24(29)20-13-18-9-4-5-10-19(18)15-26(20)23(28)21-11-6-12-30-21/h1-12,20H,13-16H2,(H,25,27). The van der Waals surface area contributed by atoms with E-state index in [2.05, 4.69) is 5.32 Å². The summed E-state index contributed by atoms with van der Waals surface area (Å²) in [5.41, 5.74) is 2.88. The molecule has 2 aromatic carbocycles. The van der Waals surface area contributed by atoms with Crippen LogP contribution in [0.1, 0.15) is 27.2 Å². The molecule has 1 aromatic heterocycles. The zero-order chi connectivity index (χ0) is 21.6. The SMILES string of the molecule is O=C(COC(=O)C1Cc2ccccc2CN1C(=O)c1ccco1)NCc1ccccc1. The summed E-state index contributed by atoms with van der Waals surface area (Å²) in [5.74, 6) is -1.27. The summed E-state index contributed by atoms with van der Waals surface area (Å²) < 4.78 is 10.5. The number of benzene rings is 2. The number of esters is 1. The molecule has 2 amide bonds. The third kappa shape index (κ3) is 4.83. The number of rotatable bonds is 6. The van der Waals surface area contributed by atoms with Crippen LogP contribution in [0.2, 0.25) is 0 Å². The van der Waals surface area contributed by atoms with Crippen molar-refractivity contribution in [3.05, 3.63) is 95.4 Å². The van der Waals surface area contributed by atoms with Gasteiger partial charge in [0, 0.05) is 19.5 Å². The Morgan fingerprint density at radius 3 is 2.45 bits per heavy atom. The van der Waals surface area contributed by atoms with Gasteiger partial charge in [-0.1, -0.05) is 54.6 Å². The molecule has 1 N–H and O–H groups in total. The monoisotopic (exact) mass is 418 g/mol. The predicted molar refractivity (Wildman–Crippen MR) is 112 cm³/mol. The van der Waals surface area contributed by atoms with Crippen molar-refractivity contribution < 1.29 is 23.5 Å². The third-order valence-corrected chi connectivity index (χ3v) is 5.19. The second-order valence-electron chi connectivity index (χ2n) is 7.27. The van der Waals surface area contributed by atoms with Crippen LogP contribution < -0.4 is 5.32 Å². The molecule has 0 radical (unpaired) electrons. The van der Waals surface area contributed by atoms with E-state index in [1.807, 2.05) is 54.6 Å². The molecular formula is C24H22N2O5. The predicted octanol–water partition coefficient (Wildman–Crippen LogP) is 2.71. The molecular weight excluding hydrogens is 396 g/mol. The van der Waals surface area contributed by atoms with Crippen LogP contribution in [0.15, 0.2) is 77.4 Å². The van der Waals surface area contributed by atoms with Crippen molar-refractivity contribution in [3.8, 4) is 0 Å². The number of nitrogens with zero attached hydrogens (tertiary/aromatic N) is 1. The van der Waals surface area contributed by atoms with Crippen LogP contribution in [0.3, 0.4) is 0 Å². The molecule has 7 nitrogen and oxygen atoms in total. The summed E-state index contributed by atoms with van der Waals surface area (Å²) in [6, 6.07) is 19.4. The molecule has 1 atom stereocenters.